The topological polar surface area (TPSA) is 182 Å². The summed E-state index contributed by atoms with van der Waals surface area (Å²) in [6.45, 7) is 0.984. The fourth-order valence-electron chi connectivity index (χ4n) is 4.18. The summed E-state index contributed by atoms with van der Waals surface area (Å²) < 4.78 is 43.3. The third kappa shape index (κ3) is 4.77. The Labute approximate surface area is 215 Å². The van der Waals surface area contributed by atoms with Gasteiger partial charge in [-0.2, -0.15) is 5.09 Å². The highest BCUT2D eigenvalue weighted by Crippen LogP contribution is 2.51. The third-order valence-electron chi connectivity index (χ3n) is 6.09. The van der Waals surface area contributed by atoms with Crippen LogP contribution in [0.25, 0.3) is 11.2 Å². The summed E-state index contributed by atoms with van der Waals surface area (Å²) in [5.41, 5.74) is 5.23. The molecule has 0 spiro atoms. The van der Waals surface area contributed by atoms with E-state index in [9.17, 15) is 14.5 Å². The molecule has 4 heterocycles. The maximum absolute atomic E-state index is 13.7. The number of hydrogen-bond donors (Lipinski definition) is 3. The lowest BCUT2D eigenvalue weighted by Gasteiger charge is -2.32. The van der Waals surface area contributed by atoms with Gasteiger partial charge in [0.25, 0.3) is 0 Å². The number of rotatable bonds is 9. The number of imidazole rings is 1. The first-order valence-electron chi connectivity index (χ1n) is 11.1. The van der Waals surface area contributed by atoms with Crippen molar-refractivity contribution >= 4 is 42.3 Å². The zero-order valence-electron chi connectivity index (χ0n) is 19.7. The number of hydrogen-bond acceptors (Lipinski definition) is 12. The van der Waals surface area contributed by atoms with Gasteiger partial charge in [-0.05, 0) is 31.2 Å². The highest BCUT2D eigenvalue weighted by atomic mass is 35.5. The molecule has 6 atom stereocenters. The highest BCUT2D eigenvalue weighted by molar-refractivity contribution is 7.52. The number of fused-ring (bicyclic) bond motifs is 3. The minimum Gasteiger partial charge on any atom is -0.468 e. The van der Waals surface area contributed by atoms with Crippen molar-refractivity contribution in [2.75, 3.05) is 26.1 Å². The molecule has 2 fully saturated rings. The molecule has 198 valence electrons. The second-order valence-corrected chi connectivity index (χ2v) is 10.7. The minimum atomic E-state index is -4.22. The number of nitrogens with two attached hydrogens (primary N) is 1. The number of aliphatic hydroxyl groups excluding tert-OH is 1. The third-order valence-corrected chi connectivity index (χ3v) is 7.97. The minimum absolute atomic E-state index is 0.0490. The summed E-state index contributed by atoms with van der Waals surface area (Å²) in [6, 6.07) is 5.02. The fraction of sp³-hybridized carbons (Fsp3) is 0.429. The van der Waals surface area contributed by atoms with E-state index < -0.39 is 50.4 Å². The second kappa shape index (κ2) is 9.80. The Bertz CT molecular complexity index is 1360. The van der Waals surface area contributed by atoms with Crippen molar-refractivity contribution < 1.29 is 37.7 Å². The number of anilines is 1. The number of aromatic nitrogens is 4. The monoisotopic (exact) mass is 554 g/mol. The van der Waals surface area contributed by atoms with Crippen LogP contribution >= 0.6 is 19.3 Å². The van der Waals surface area contributed by atoms with Crippen molar-refractivity contribution in [1.29, 1.82) is 0 Å². The number of nitrogens with one attached hydrogen (secondary N) is 1. The molecule has 2 bridgehead atoms. The van der Waals surface area contributed by atoms with Crippen LogP contribution in [0.1, 0.15) is 13.2 Å². The molecule has 1 aromatic carbocycles. The van der Waals surface area contributed by atoms with E-state index >= 15 is 0 Å². The van der Waals surface area contributed by atoms with Crippen LogP contribution in [0.2, 0.25) is 5.02 Å². The summed E-state index contributed by atoms with van der Waals surface area (Å²) in [7, 11) is -3.02. The number of halogens is 1. The molecular formula is C21H24ClN6O8P. The number of nitrogen functional groups attached to an aromatic ring is 1. The second-order valence-electron chi connectivity index (χ2n) is 8.57. The van der Waals surface area contributed by atoms with Crippen LogP contribution in [0.4, 0.5) is 5.82 Å². The Kier molecular flexibility index (Phi) is 6.83. The summed E-state index contributed by atoms with van der Waals surface area (Å²) in [6.07, 6.45) is -0.0329. The molecule has 4 N–H and O–H groups in total. The Hall–Kier alpha value is -2.84. The van der Waals surface area contributed by atoms with Gasteiger partial charge in [0.05, 0.1) is 26.7 Å². The SMILES string of the molecule is COC(=O)[C@H](C)NP(=O)(OC[C@@]12CO[C@@H]([C@H](n3cnc4c(N)ncnc43)O1)[C@H]2O)Oc1ccc(Cl)cc1. The average molecular weight is 555 g/mol. The molecule has 5 rings (SSSR count). The Balaban J connectivity index is 1.38. The molecule has 0 saturated carbocycles. The lowest BCUT2D eigenvalue weighted by molar-refractivity contribution is -0.183. The van der Waals surface area contributed by atoms with Crippen molar-refractivity contribution in [3.8, 4) is 5.75 Å². The number of esters is 1. The number of methoxy groups -OCH3 is 1. The molecular weight excluding hydrogens is 531 g/mol. The van der Waals surface area contributed by atoms with Crippen molar-refractivity contribution in [3.05, 3.63) is 41.9 Å². The van der Waals surface area contributed by atoms with Crippen LogP contribution in [0.5, 0.6) is 5.75 Å². The van der Waals surface area contributed by atoms with Gasteiger partial charge in [0.2, 0.25) is 0 Å². The van der Waals surface area contributed by atoms with Gasteiger partial charge in [-0.25, -0.2) is 19.5 Å². The van der Waals surface area contributed by atoms with E-state index in [4.69, 9.17) is 40.6 Å². The molecule has 2 saturated heterocycles. The van der Waals surface area contributed by atoms with E-state index in [2.05, 4.69) is 20.0 Å². The first-order valence-corrected chi connectivity index (χ1v) is 13.0. The summed E-state index contributed by atoms with van der Waals surface area (Å²) >= 11 is 5.92. The normalized spacial score (nSPS) is 27.2. The molecule has 37 heavy (non-hydrogen) atoms. The first-order chi connectivity index (χ1) is 17.6. The Morgan fingerprint density at radius 2 is 2.14 bits per heavy atom. The summed E-state index contributed by atoms with van der Waals surface area (Å²) in [5, 5.41) is 14.0. The first kappa shape index (κ1) is 25.8. The van der Waals surface area contributed by atoms with Crippen LogP contribution in [0.15, 0.2) is 36.9 Å². The van der Waals surface area contributed by atoms with Gasteiger partial charge in [0.15, 0.2) is 17.7 Å². The lowest BCUT2D eigenvalue weighted by atomic mass is 10.0. The fourth-order valence-corrected chi connectivity index (χ4v) is 5.85. The van der Waals surface area contributed by atoms with Crippen LogP contribution in [-0.2, 0) is 28.1 Å². The van der Waals surface area contributed by atoms with Gasteiger partial charge >= 0.3 is 13.7 Å². The number of nitrogens with zero attached hydrogens (tertiary/aromatic N) is 4. The Morgan fingerprint density at radius 1 is 1.38 bits per heavy atom. The smallest absolute Gasteiger partial charge is 0.459 e. The van der Waals surface area contributed by atoms with E-state index in [-0.39, 0.29) is 18.2 Å². The molecule has 2 aliphatic rings. The van der Waals surface area contributed by atoms with Gasteiger partial charge in [-0.15, -0.1) is 0 Å². The largest absolute Gasteiger partial charge is 0.468 e. The van der Waals surface area contributed by atoms with Crippen LogP contribution < -0.4 is 15.3 Å². The van der Waals surface area contributed by atoms with E-state index in [0.29, 0.717) is 16.2 Å². The molecule has 0 aliphatic carbocycles. The maximum Gasteiger partial charge on any atom is 0.459 e. The number of benzene rings is 1. The molecule has 3 aromatic rings. The van der Waals surface area contributed by atoms with Crippen molar-refractivity contribution in [2.45, 2.75) is 37.0 Å². The van der Waals surface area contributed by atoms with Crippen molar-refractivity contribution in [1.82, 2.24) is 24.6 Å². The Morgan fingerprint density at radius 3 is 2.86 bits per heavy atom. The molecule has 0 amide bonds. The van der Waals surface area contributed by atoms with Gasteiger partial charge < -0.3 is 29.6 Å². The van der Waals surface area contributed by atoms with E-state index in [1.165, 1.54) is 38.8 Å². The highest BCUT2D eigenvalue weighted by Gasteiger charge is 2.63. The van der Waals surface area contributed by atoms with E-state index in [1.807, 2.05) is 0 Å². The average Bonchev–Trinajstić information content (AvgIpc) is 3.54. The van der Waals surface area contributed by atoms with Crippen LogP contribution in [-0.4, -0.2) is 74.8 Å². The predicted octanol–water partition coefficient (Wildman–Crippen LogP) is 1.44. The standard InChI is InChI=1S/C21H24ClN6O8P/c1-11(20(30)32-2)27-37(31,36-13-5-3-12(22)4-6-13)34-8-21-7-33-15(16(21)29)19(35-21)28-10-26-14-17(23)24-9-25-18(14)28/h3-6,9-11,15-16,19,29H,7-8H2,1-2H3,(H,27,31)(H2,23,24,25)/t11-,15+,16+,19+,21+,37?/m0/s1. The molecule has 2 aliphatic heterocycles. The van der Waals surface area contributed by atoms with Crippen molar-refractivity contribution in [2.24, 2.45) is 0 Å². The molecule has 16 heteroatoms. The summed E-state index contributed by atoms with van der Waals surface area (Å²) in [5.74, 6) is -0.322. The van der Waals surface area contributed by atoms with Crippen molar-refractivity contribution in [3.63, 3.8) is 0 Å². The molecule has 1 unspecified atom stereocenters. The van der Waals surface area contributed by atoms with E-state index in [0.717, 1.165) is 0 Å². The van der Waals surface area contributed by atoms with Gasteiger partial charge in [-0.1, -0.05) is 11.6 Å². The number of carbonyl (C=O) groups is 1. The van der Waals surface area contributed by atoms with Gasteiger partial charge in [0, 0.05) is 5.02 Å². The number of ether oxygens (including phenoxy) is 3. The number of carbonyl (C=O) groups excluding carboxylic acids is 1. The zero-order valence-corrected chi connectivity index (χ0v) is 21.3. The molecule has 2 aromatic heterocycles. The molecule has 0 radical (unpaired) electrons. The van der Waals surface area contributed by atoms with Crippen LogP contribution in [0, 0.1) is 0 Å². The van der Waals surface area contributed by atoms with Crippen LogP contribution in [0.3, 0.4) is 0 Å². The number of aliphatic hydroxyl groups is 1. The maximum atomic E-state index is 13.7. The van der Waals surface area contributed by atoms with E-state index in [1.54, 1.807) is 16.7 Å². The quantitative estimate of drug-likeness (QED) is 0.255. The summed E-state index contributed by atoms with van der Waals surface area (Å²) in [4.78, 5) is 24.3. The van der Waals surface area contributed by atoms with Gasteiger partial charge in [-0.3, -0.25) is 13.9 Å². The molecule has 14 nitrogen and oxygen atoms in total. The lowest BCUT2D eigenvalue weighted by Crippen LogP contribution is -2.45. The van der Waals surface area contributed by atoms with Gasteiger partial charge in [0.1, 0.15) is 41.4 Å². The zero-order chi connectivity index (χ0) is 26.4. The predicted molar refractivity (Wildman–Crippen MR) is 129 cm³/mol.